The molecule has 0 saturated heterocycles. The topological polar surface area (TPSA) is 19.7 Å². The molecule has 150 heavy (non-hydrogen) atoms. The van der Waals surface area contributed by atoms with Crippen LogP contribution in [0.5, 0.6) is 0 Å². The molecule has 30 aromatic rings. The minimum Gasteiger partial charge on any atom is -0.344 e. The van der Waals surface area contributed by atoms with Gasteiger partial charge in [0.2, 0.25) is 0 Å². The Bertz CT molecular complexity index is 10800. The molecule has 2 atom stereocenters. The smallest absolute Gasteiger partial charge is 0.180 e. The molecule has 0 saturated carbocycles. The first kappa shape index (κ1) is 89.0. The lowest BCUT2D eigenvalue weighted by atomic mass is 9.96. The van der Waals surface area contributed by atoms with Crippen LogP contribution in [0.4, 0.5) is 0 Å². The molecule has 2 aliphatic heterocycles. The van der Waals surface area contributed by atoms with E-state index >= 15 is 0 Å². The van der Waals surface area contributed by atoms with E-state index in [1.807, 2.05) is 0 Å². The largest absolute Gasteiger partial charge is 0.344 e. The van der Waals surface area contributed by atoms with Crippen molar-refractivity contribution < 1.29 is 0 Å². The highest BCUT2D eigenvalue weighted by molar-refractivity contribution is 7.68. The summed E-state index contributed by atoms with van der Waals surface area (Å²) in [5.74, 6) is 0. The van der Waals surface area contributed by atoms with E-state index in [9.17, 15) is 0 Å². The maximum Gasteiger partial charge on any atom is 0.180 e. The van der Waals surface area contributed by atoms with Gasteiger partial charge < -0.3 is 18.3 Å². The minimum atomic E-state index is -2.55. The molecule has 4 nitrogen and oxygen atoms in total. The molecule has 24 aromatic carbocycles. The van der Waals surface area contributed by atoms with E-state index in [1.165, 1.54) is 270 Å². The quantitative estimate of drug-likeness (QED) is 0.135. The van der Waals surface area contributed by atoms with Crippen LogP contribution in [-0.4, -0.2) is 34.4 Å². The van der Waals surface area contributed by atoms with Crippen molar-refractivity contribution in [1.82, 2.24) is 18.3 Å². The van der Waals surface area contributed by atoms with Gasteiger partial charge in [0.15, 0.2) is 8.07 Å². The van der Waals surface area contributed by atoms with E-state index in [0.29, 0.717) is 0 Å². The van der Waals surface area contributed by atoms with Gasteiger partial charge in [0.25, 0.3) is 0 Å². The molecule has 2 aliphatic rings. The Kier molecular flexibility index (Phi) is 20.9. The maximum atomic E-state index is 2.54. The average Bonchev–Trinajstić information content (AvgIpc) is 1.53. The van der Waals surface area contributed by atoms with Crippen molar-refractivity contribution in [2.45, 2.75) is 13.1 Å². The van der Waals surface area contributed by atoms with Crippen LogP contribution in [0.1, 0.15) is 0 Å². The Balaban J connectivity index is 0.0000000943. The fourth-order valence-corrected chi connectivity index (χ4v) is 39.7. The number of aromatic nitrogens is 4. The van der Waals surface area contributed by atoms with Crippen molar-refractivity contribution in [3.63, 3.8) is 0 Å². The van der Waals surface area contributed by atoms with Crippen LogP contribution < -0.4 is 31.1 Å². The van der Waals surface area contributed by atoms with Crippen LogP contribution in [0.3, 0.4) is 0 Å². The molecule has 8 heterocycles. The predicted molar refractivity (Wildman–Crippen MR) is 656 cm³/mol. The van der Waals surface area contributed by atoms with Crippen molar-refractivity contribution in [3.8, 4) is 77.4 Å². The summed E-state index contributed by atoms with van der Waals surface area (Å²) < 4.78 is 9.38. The van der Waals surface area contributed by atoms with Crippen molar-refractivity contribution in [3.05, 3.63) is 510 Å². The zero-order valence-electron chi connectivity index (χ0n) is 84.2. The van der Waals surface area contributed by atoms with E-state index in [4.69, 9.17) is 0 Å². The number of nitrogens with zero attached hydrogens (tertiary/aromatic N) is 4. The van der Waals surface area contributed by atoms with E-state index in [0.717, 1.165) is 0 Å². The number of rotatable bonds is 8. The summed E-state index contributed by atoms with van der Waals surface area (Å²) in [5.41, 5.74) is 26.2. The lowest BCUT2D eigenvalue weighted by molar-refractivity contribution is 1.02. The van der Waals surface area contributed by atoms with Gasteiger partial charge in [-0.3, -0.25) is 0 Å². The molecule has 32 rings (SSSR count). The molecule has 8 heteroatoms. The molecule has 0 radical (unpaired) electrons. The van der Waals surface area contributed by atoms with E-state index in [2.05, 4.69) is 569 Å². The molecule has 708 valence electrons. The third-order valence-corrected chi connectivity index (χ3v) is 46.7. The first-order chi connectivity index (χ1) is 73.8. The summed E-state index contributed by atoms with van der Waals surface area (Å²) in [6, 6.07) is 190. The predicted octanol–water partition coefficient (Wildman–Crippen LogP) is 35.3. The third kappa shape index (κ3) is 13.9. The number of hydrogen-bond donors (Lipinski definition) is 0. The van der Waals surface area contributed by atoms with Crippen LogP contribution in [-0.2, 0) is 28.2 Å². The molecule has 6 aromatic heterocycles. The number of fused-ring (bicyclic) bond motifs is 28. The fraction of sp³-hybridized carbons (Fsp3) is 0.0423. The van der Waals surface area contributed by atoms with Crippen LogP contribution in [0.2, 0.25) is 13.1 Å². The lowest BCUT2D eigenvalue weighted by Gasteiger charge is -2.31. The average molecular weight is 1980 g/mol. The second-order valence-corrected chi connectivity index (χ2v) is 53.9. The van der Waals surface area contributed by atoms with Crippen LogP contribution in [0, 0.1) is 0 Å². The van der Waals surface area contributed by atoms with Gasteiger partial charge in [-0.25, -0.2) is 0 Å². The zero-order chi connectivity index (χ0) is 99.9. The van der Waals surface area contributed by atoms with Crippen molar-refractivity contribution in [1.29, 1.82) is 0 Å². The van der Waals surface area contributed by atoms with Gasteiger partial charge in [0.1, 0.15) is 8.07 Å². The summed E-state index contributed by atoms with van der Waals surface area (Å²) in [7, 11) is 3.37. The minimum absolute atomic E-state index is 0.561. The highest BCUT2D eigenvalue weighted by Gasteiger charge is 2.49. The second kappa shape index (κ2) is 35.2. The molecular weight excluding hydrogens is 1880 g/mol. The van der Waals surface area contributed by atoms with E-state index in [-0.39, 0.29) is 0 Å². The Morgan fingerprint density at radius 3 is 0.913 bits per heavy atom. The summed E-state index contributed by atoms with van der Waals surface area (Å²) >= 11 is 0. The lowest BCUT2D eigenvalue weighted by Crippen LogP contribution is -2.72. The first-order valence-corrected chi connectivity index (χ1v) is 59.9. The van der Waals surface area contributed by atoms with Gasteiger partial charge in [-0.05, 0) is 264 Å². The summed E-state index contributed by atoms with van der Waals surface area (Å²) in [5, 5.41) is 44.1. The highest BCUT2D eigenvalue weighted by atomic mass is 31.1. The summed E-state index contributed by atoms with van der Waals surface area (Å²) in [6.45, 7) is 4.98. The highest BCUT2D eigenvalue weighted by Crippen LogP contribution is 2.58. The molecular formula is C142H102N4P2Si2. The number of aryl methyl sites for hydroxylation is 4. The summed E-state index contributed by atoms with van der Waals surface area (Å²) in [6.07, 6.45) is 0. The standard InChI is InChI=1S/C41H29NSi.2C35H24NP.C31H25NSi/c1-42-37-21-12-20-33(41(37)36-25-28-13-8-9-14-29(28)26-38(36)42)30-23-24-35-34-19-10-11-22-39(34)43(40(35)27-30,31-15-4-2-5-16-31)32-17-6-3-7-18-32;1-36-31-16-9-15-27(35(31)30-20-23-10-5-6-11-24(23)21-32(30)36)25-18-19-29-28-14-7-8-17-33(28)37(34(29)22-25)26-12-3-2-4-13-26;1-36-32-18-16-25(20-30(32)31-19-23-9-5-6-10-24(23)21-33(31)36)26-15-17-29-28-13-7-8-14-34(28)37(35(29)22-26)27-11-3-2-4-12-27;1-32-27-13-8-12-23(31(27)26-17-20-9-4-5-10-21(20)18-28(26)32)22-15-16-25-24-11-6-7-14-29(24)33(2,3)30(25)19-22/h2-27H,1H3;2*2-22H,1H3;4-19H,1-3H3. The van der Waals surface area contributed by atoms with Crippen molar-refractivity contribution in [2.75, 3.05) is 0 Å². The summed E-state index contributed by atoms with van der Waals surface area (Å²) in [4.78, 5) is 0. The molecule has 0 bridgehead atoms. The monoisotopic (exact) mass is 1980 g/mol. The SMILES string of the molecule is Cn1c2cc3ccccc3cc2c2c(-c3ccc4c(c3)[Si](C)(C)c3ccccc3-4)cccc21.Cn1c2cc3ccccc3cc2c2c(-c3ccc4c(c3)[Si](c3ccccc3)(c3ccccc3)c3ccccc3-4)cccc21.Cn1c2cc3ccccc3cc2c2c(-c3ccc4c5ccccc5p(-c5ccccc5)c4c3)cccc21.Cn1c2ccc(-c3ccc4c5ccccc5p(-c5ccccc5)c4c3)cc2c2cc3ccccc3cc21. The Morgan fingerprint density at radius 1 is 0.167 bits per heavy atom. The number of hydrogen-bond acceptors (Lipinski definition) is 0. The fourth-order valence-electron chi connectivity index (χ4n) is 26.1. The van der Waals surface area contributed by atoms with Crippen LogP contribution >= 0.6 is 15.1 Å². The van der Waals surface area contributed by atoms with Crippen molar-refractivity contribution >= 4 is 235 Å². The Morgan fingerprint density at radius 2 is 0.460 bits per heavy atom. The van der Waals surface area contributed by atoms with Gasteiger partial charge >= 0.3 is 0 Å². The number of benzene rings is 24. The van der Waals surface area contributed by atoms with Gasteiger partial charge in [-0.1, -0.05) is 447 Å². The molecule has 0 amide bonds. The van der Waals surface area contributed by atoms with Gasteiger partial charge in [0, 0.05) is 136 Å². The Hall–Kier alpha value is -17.4. The molecule has 0 aliphatic carbocycles. The molecule has 2 unspecified atom stereocenters. The van der Waals surface area contributed by atoms with Gasteiger partial charge in [0.05, 0.1) is 0 Å². The maximum absolute atomic E-state index is 2.55. The molecule has 0 fully saturated rings. The third-order valence-electron chi connectivity index (χ3n) is 33.3. The zero-order valence-corrected chi connectivity index (χ0v) is 88.0. The van der Waals surface area contributed by atoms with Gasteiger partial charge in [-0.2, -0.15) is 0 Å². The van der Waals surface area contributed by atoms with E-state index in [1.54, 1.807) is 10.4 Å². The normalized spacial score (nSPS) is 13.1. The van der Waals surface area contributed by atoms with Crippen LogP contribution in [0.15, 0.2) is 510 Å². The van der Waals surface area contributed by atoms with Gasteiger partial charge in [-0.15, -0.1) is 0 Å². The first-order valence-electron chi connectivity index (χ1n) is 52.2. The molecule has 0 spiro atoms. The van der Waals surface area contributed by atoms with E-state index < -0.39 is 31.2 Å². The Labute approximate surface area is 874 Å². The molecule has 0 N–H and O–H groups in total. The van der Waals surface area contributed by atoms with Crippen LogP contribution in [0.25, 0.3) is 250 Å². The second-order valence-electron chi connectivity index (χ2n) is 41.5. The van der Waals surface area contributed by atoms with Crippen molar-refractivity contribution in [2.24, 2.45) is 28.2 Å².